The van der Waals surface area contributed by atoms with Crippen molar-refractivity contribution >= 4 is 11.6 Å². The summed E-state index contributed by atoms with van der Waals surface area (Å²) >= 11 is 0. The van der Waals surface area contributed by atoms with Gasteiger partial charge in [0, 0.05) is 18.9 Å². The van der Waals surface area contributed by atoms with E-state index in [4.69, 9.17) is 15.4 Å². The number of aromatic nitrogens is 2. The van der Waals surface area contributed by atoms with Crippen LogP contribution in [0, 0.1) is 16.7 Å². The van der Waals surface area contributed by atoms with Gasteiger partial charge in [-0.15, -0.1) is 0 Å². The summed E-state index contributed by atoms with van der Waals surface area (Å²) in [6.45, 7) is 0.548. The van der Waals surface area contributed by atoms with Crippen molar-refractivity contribution in [3.63, 3.8) is 0 Å². The molecule has 0 aliphatic carbocycles. The zero-order valence-corrected chi connectivity index (χ0v) is 12.5. The molecule has 0 atom stereocenters. The number of pyridine rings is 1. The van der Waals surface area contributed by atoms with Gasteiger partial charge in [0.25, 0.3) is 0 Å². The molecule has 1 aromatic carbocycles. The fourth-order valence-corrected chi connectivity index (χ4v) is 2.55. The van der Waals surface area contributed by atoms with Crippen LogP contribution in [0.4, 0.5) is 0 Å². The molecule has 0 amide bonds. The summed E-state index contributed by atoms with van der Waals surface area (Å²) in [6, 6.07) is 13.1. The summed E-state index contributed by atoms with van der Waals surface area (Å²) in [5.74, 6) is -0.535. The smallest absolute Gasteiger partial charge is 0.341 e. The van der Waals surface area contributed by atoms with E-state index >= 15 is 0 Å². The first kappa shape index (κ1) is 14.6. The lowest BCUT2D eigenvalue weighted by atomic mass is 10.2. The number of imidazole rings is 1. The molecule has 0 aliphatic rings. The summed E-state index contributed by atoms with van der Waals surface area (Å²) in [5.41, 5.74) is 2.03. The zero-order chi connectivity index (χ0) is 16.4. The third kappa shape index (κ3) is 2.49. The Morgan fingerprint density at radius 1 is 1.30 bits per heavy atom. The molecule has 0 saturated heterocycles. The van der Waals surface area contributed by atoms with Crippen LogP contribution in [0.15, 0.2) is 48.8 Å². The minimum Gasteiger partial charge on any atom is -0.465 e. The average Bonchev–Trinajstić information content (AvgIpc) is 3.00. The van der Waals surface area contributed by atoms with E-state index in [1.54, 1.807) is 12.4 Å². The SMILES string of the molecule is COC(=O)c1cc(C#N)c(=N)n2ccn(Cc3ccccc3)c12. The molecule has 1 N–H and O–H groups in total. The Morgan fingerprint density at radius 2 is 2.04 bits per heavy atom. The number of nitrogens with one attached hydrogen (secondary N) is 1. The fourth-order valence-electron chi connectivity index (χ4n) is 2.55. The number of fused-ring (bicyclic) bond motifs is 1. The lowest BCUT2D eigenvalue weighted by Gasteiger charge is -2.10. The number of esters is 1. The Hall–Kier alpha value is -3.33. The number of ether oxygens (including phenoxy) is 1. The highest BCUT2D eigenvalue weighted by atomic mass is 16.5. The van der Waals surface area contributed by atoms with E-state index in [-0.39, 0.29) is 16.6 Å². The standard InChI is InChI=1S/C17H14N4O2/c1-23-17(22)14-9-13(10-18)15(19)21-8-7-20(16(14)21)11-12-5-3-2-4-6-12/h2-9,19H,11H2,1H3. The van der Waals surface area contributed by atoms with E-state index in [0.717, 1.165) is 5.56 Å². The van der Waals surface area contributed by atoms with Crippen molar-refractivity contribution in [2.45, 2.75) is 6.54 Å². The van der Waals surface area contributed by atoms with Gasteiger partial charge in [-0.3, -0.25) is 9.81 Å². The van der Waals surface area contributed by atoms with Gasteiger partial charge in [-0.1, -0.05) is 30.3 Å². The van der Waals surface area contributed by atoms with Gasteiger partial charge in [0.2, 0.25) is 0 Å². The maximum absolute atomic E-state index is 12.1. The Balaban J connectivity index is 2.25. The largest absolute Gasteiger partial charge is 0.465 e. The van der Waals surface area contributed by atoms with Crippen LogP contribution in [0.1, 0.15) is 21.5 Å². The fraction of sp³-hybridized carbons (Fsp3) is 0.118. The molecular formula is C17H14N4O2. The second kappa shape index (κ2) is 5.81. The number of carbonyl (C=O) groups excluding carboxylic acids is 1. The van der Waals surface area contributed by atoms with Crippen molar-refractivity contribution in [1.82, 2.24) is 8.97 Å². The molecule has 114 valence electrons. The molecule has 0 fully saturated rings. The maximum atomic E-state index is 12.1. The average molecular weight is 306 g/mol. The van der Waals surface area contributed by atoms with E-state index in [1.165, 1.54) is 17.6 Å². The first-order valence-corrected chi connectivity index (χ1v) is 6.97. The molecule has 23 heavy (non-hydrogen) atoms. The molecule has 3 aromatic rings. The van der Waals surface area contributed by atoms with Gasteiger partial charge < -0.3 is 9.30 Å². The quantitative estimate of drug-likeness (QED) is 0.750. The minimum atomic E-state index is -0.535. The number of hydrogen-bond acceptors (Lipinski definition) is 4. The first-order chi connectivity index (χ1) is 11.2. The summed E-state index contributed by atoms with van der Waals surface area (Å²) in [4.78, 5) is 12.1. The molecule has 6 nitrogen and oxygen atoms in total. The third-order valence-electron chi connectivity index (χ3n) is 3.64. The summed E-state index contributed by atoms with van der Waals surface area (Å²) in [5, 5.41) is 17.3. The molecule has 0 radical (unpaired) electrons. The maximum Gasteiger partial charge on any atom is 0.341 e. The van der Waals surface area contributed by atoms with Crippen LogP contribution < -0.4 is 5.49 Å². The number of nitriles is 1. The molecule has 3 rings (SSSR count). The number of rotatable bonds is 3. The molecule has 2 heterocycles. The van der Waals surface area contributed by atoms with Gasteiger partial charge in [-0.2, -0.15) is 5.26 Å². The first-order valence-electron chi connectivity index (χ1n) is 6.97. The Kier molecular flexibility index (Phi) is 3.69. The number of methoxy groups -OCH3 is 1. The minimum absolute atomic E-state index is 0.0435. The lowest BCUT2D eigenvalue weighted by Crippen LogP contribution is -2.20. The highest BCUT2D eigenvalue weighted by Crippen LogP contribution is 2.15. The number of hydrogen-bond donors (Lipinski definition) is 1. The van der Waals surface area contributed by atoms with Crippen molar-refractivity contribution in [3.8, 4) is 6.07 Å². The lowest BCUT2D eigenvalue weighted by molar-refractivity contribution is 0.0602. The van der Waals surface area contributed by atoms with Gasteiger partial charge in [0.1, 0.15) is 22.8 Å². The monoisotopic (exact) mass is 306 g/mol. The summed E-state index contributed by atoms with van der Waals surface area (Å²) in [7, 11) is 1.30. The summed E-state index contributed by atoms with van der Waals surface area (Å²) < 4.78 is 8.21. The highest BCUT2D eigenvalue weighted by Gasteiger charge is 2.17. The van der Waals surface area contributed by atoms with Crippen LogP contribution in [-0.2, 0) is 11.3 Å². The second-order valence-corrected chi connectivity index (χ2v) is 5.03. The predicted molar refractivity (Wildman–Crippen MR) is 82.8 cm³/mol. The van der Waals surface area contributed by atoms with E-state index in [2.05, 4.69) is 0 Å². The highest BCUT2D eigenvalue weighted by molar-refractivity contribution is 5.96. The second-order valence-electron chi connectivity index (χ2n) is 5.03. The van der Waals surface area contributed by atoms with Crippen LogP contribution in [0.25, 0.3) is 5.65 Å². The molecular weight excluding hydrogens is 292 g/mol. The summed E-state index contributed by atoms with van der Waals surface area (Å²) in [6.07, 6.45) is 3.46. The molecule has 0 saturated carbocycles. The molecule has 0 spiro atoms. The number of nitrogens with zero attached hydrogens (tertiary/aromatic N) is 3. The van der Waals surface area contributed by atoms with Crippen LogP contribution in [0.3, 0.4) is 0 Å². The van der Waals surface area contributed by atoms with Gasteiger partial charge in [-0.05, 0) is 11.6 Å². The van der Waals surface area contributed by atoms with E-state index in [1.807, 2.05) is 41.0 Å². The van der Waals surface area contributed by atoms with Crippen molar-refractivity contribution in [2.75, 3.05) is 7.11 Å². The number of benzene rings is 1. The molecule has 0 bridgehead atoms. The van der Waals surface area contributed by atoms with Crippen molar-refractivity contribution in [2.24, 2.45) is 0 Å². The predicted octanol–water partition coefficient (Wildman–Crippen LogP) is 1.93. The van der Waals surface area contributed by atoms with Crippen molar-refractivity contribution < 1.29 is 9.53 Å². The van der Waals surface area contributed by atoms with E-state index < -0.39 is 5.97 Å². The molecule has 6 heteroatoms. The van der Waals surface area contributed by atoms with E-state index in [9.17, 15) is 4.79 Å². The molecule has 0 unspecified atom stereocenters. The molecule has 0 aliphatic heterocycles. The Morgan fingerprint density at radius 3 is 2.70 bits per heavy atom. The van der Waals surface area contributed by atoms with Gasteiger partial charge >= 0.3 is 5.97 Å². The molecule has 2 aromatic heterocycles. The van der Waals surface area contributed by atoms with Crippen LogP contribution >= 0.6 is 0 Å². The topological polar surface area (TPSA) is 83.3 Å². The van der Waals surface area contributed by atoms with Gasteiger partial charge in [0.05, 0.1) is 12.7 Å². The van der Waals surface area contributed by atoms with Crippen molar-refractivity contribution in [3.05, 3.63) is 71.0 Å². The van der Waals surface area contributed by atoms with Crippen LogP contribution in [0.5, 0.6) is 0 Å². The van der Waals surface area contributed by atoms with Crippen molar-refractivity contribution in [1.29, 1.82) is 10.7 Å². The third-order valence-corrected chi connectivity index (χ3v) is 3.64. The van der Waals surface area contributed by atoms with E-state index in [0.29, 0.717) is 12.2 Å². The van der Waals surface area contributed by atoms with Gasteiger partial charge in [0.15, 0.2) is 0 Å². The van der Waals surface area contributed by atoms with Crippen LogP contribution in [-0.4, -0.2) is 22.0 Å². The van der Waals surface area contributed by atoms with Gasteiger partial charge in [-0.25, -0.2) is 4.79 Å². The zero-order valence-electron chi connectivity index (χ0n) is 12.5. The number of carbonyl (C=O) groups is 1. The normalized spacial score (nSPS) is 10.4. The Bertz CT molecular complexity index is 977. The Labute approximate surface area is 132 Å². The van der Waals surface area contributed by atoms with Crippen LogP contribution in [0.2, 0.25) is 0 Å².